The zero-order chi connectivity index (χ0) is 14.5. The van der Waals surface area contributed by atoms with Gasteiger partial charge in [-0.3, -0.25) is 0 Å². The highest BCUT2D eigenvalue weighted by atomic mass is 16.5. The molecule has 1 heteroatoms. The van der Waals surface area contributed by atoms with Crippen LogP contribution in [-0.4, -0.2) is 6.61 Å². The minimum Gasteiger partial charge on any atom is -0.489 e. The van der Waals surface area contributed by atoms with Gasteiger partial charge in [0, 0.05) is 0 Å². The molecule has 0 aromatic heterocycles. The van der Waals surface area contributed by atoms with Crippen LogP contribution >= 0.6 is 0 Å². The maximum absolute atomic E-state index is 5.65. The van der Waals surface area contributed by atoms with Crippen molar-refractivity contribution in [1.82, 2.24) is 0 Å². The topological polar surface area (TPSA) is 9.23 Å². The van der Waals surface area contributed by atoms with E-state index in [4.69, 9.17) is 4.74 Å². The van der Waals surface area contributed by atoms with Gasteiger partial charge in [-0.25, -0.2) is 0 Å². The van der Waals surface area contributed by atoms with Gasteiger partial charge >= 0.3 is 0 Å². The number of terminal acetylenes is 1. The molecule has 0 aliphatic heterocycles. The first-order valence-corrected chi connectivity index (χ1v) is 6.53. The highest BCUT2D eigenvalue weighted by Gasteiger charge is 1.93. The third kappa shape index (κ3) is 9.73. The fraction of sp³-hybridized carbons (Fsp3) is 0.333. The van der Waals surface area contributed by atoms with Crippen molar-refractivity contribution in [3.8, 4) is 18.1 Å². The lowest BCUT2D eigenvalue weighted by molar-refractivity contribution is 0.352. The van der Waals surface area contributed by atoms with Crippen LogP contribution in [0.3, 0.4) is 0 Å². The normalized spacial score (nSPS) is 10.6. The van der Waals surface area contributed by atoms with E-state index in [1.54, 1.807) is 6.92 Å². The van der Waals surface area contributed by atoms with Crippen LogP contribution in [-0.2, 0) is 0 Å². The molecule has 1 aromatic rings. The molecule has 0 bridgehead atoms. The van der Waals surface area contributed by atoms with E-state index in [0.717, 1.165) is 12.2 Å². The van der Waals surface area contributed by atoms with Crippen molar-refractivity contribution in [3.05, 3.63) is 53.6 Å². The number of hydrogen-bond donors (Lipinski definition) is 0. The second kappa shape index (κ2) is 11.2. The number of benzene rings is 1. The second-order valence-electron chi connectivity index (χ2n) is 4.24. The van der Waals surface area contributed by atoms with Crippen molar-refractivity contribution < 1.29 is 4.74 Å². The van der Waals surface area contributed by atoms with Crippen LogP contribution in [0.1, 0.15) is 32.8 Å². The number of rotatable bonds is 5. The summed E-state index contributed by atoms with van der Waals surface area (Å²) in [6.45, 7) is 8.58. The molecule has 19 heavy (non-hydrogen) atoms. The summed E-state index contributed by atoms with van der Waals surface area (Å²) in [5.74, 6) is 3.18. The van der Waals surface area contributed by atoms with Crippen LogP contribution in [0.25, 0.3) is 0 Å². The highest BCUT2D eigenvalue weighted by Crippen LogP contribution is 2.12. The van der Waals surface area contributed by atoms with E-state index in [2.05, 4.69) is 63.5 Å². The number of aryl methyl sites for hydroxylation is 1. The Labute approximate surface area is 118 Å². The quantitative estimate of drug-likeness (QED) is 0.536. The highest BCUT2D eigenvalue weighted by molar-refractivity contribution is 5.26. The Balaban J connectivity index is 0.000000982. The summed E-state index contributed by atoms with van der Waals surface area (Å²) < 4.78 is 5.65. The van der Waals surface area contributed by atoms with Crippen LogP contribution in [0.15, 0.2) is 48.1 Å². The van der Waals surface area contributed by atoms with Gasteiger partial charge in [0.25, 0.3) is 0 Å². The molecular weight excluding hydrogens is 232 g/mol. The van der Waals surface area contributed by atoms with E-state index in [1.165, 1.54) is 11.1 Å². The smallest absolute Gasteiger partial charge is 0.119 e. The predicted molar refractivity (Wildman–Crippen MR) is 84.4 cm³/mol. The first kappa shape index (κ1) is 17.1. The van der Waals surface area contributed by atoms with Gasteiger partial charge in [-0.05, 0) is 44.9 Å². The molecule has 0 unspecified atom stereocenters. The van der Waals surface area contributed by atoms with E-state index in [0.29, 0.717) is 6.61 Å². The standard InChI is InChI=1S/C15H20O.C3H4/c1-4-5-6-7-14(3)12-16-15-10-8-13(2)9-11-15;1-3-2/h5-11H,4,12H2,1-3H3;1H,2H3/b6-5-,14-7+;. The summed E-state index contributed by atoms with van der Waals surface area (Å²) >= 11 is 0. The Bertz CT molecular complexity index is 430. The second-order valence-corrected chi connectivity index (χ2v) is 4.24. The Morgan fingerprint density at radius 2 is 1.89 bits per heavy atom. The van der Waals surface area contributed by atoms with Crippen molar-refractivity contribution in [2.24, 2.45) is 0 Å². The predicted octanol–water partition coefficient (Wildman–Crippen LogP) is 4.93. The summed E-state index contributed by atoms with van der Waals surface area (Å²) in [4.78, 5) is 0. The zero-order valence-electron chi connectivity index (χ0n) is 12.4. The van der Waals surface area contributed by atoms with Crippen LogP contribution in [0.5, 0.6) is 5.75 Å². The van der Waals surface area contributed by atoms with Gasteiger partial charge in [0.05, 0.1) is 0 Å². The summed E-state index contributed by atoms with van der Waals surface area (Å²) in [6, 6.07) is 8.13. The Morgan fingerprint density at radius 3 is 2.42 bits per heavy atom. The largest absolute Gasteiger partial charge is 0.489 e. The average Bonchev–Trinajstić information content (AvgIpc) is 2.39. The van der Waals surface area contributed by atoms with Crippen molar-refractivity contribution in [3.63, 3.8) is 0 Å². The summed E-state index contributed by atoms with van der Waals surface area (Å²) in [5.41, 5.74) is 2.48. The average molecular weight is 256 g/mol. The maximum Gasteiger partial charge on any atom is 0.119 e. The van der Waals surface area contributed by atoms with Crippen LogP contribution < -0.4 is 4.74 Å². The van der Waals surface area contributed by atoms with Gasteiger partial charge in [-0.2, -0.15) is 0 Å². The van der Waals surface area contributed by atoms with Gasteiger partial charge in [0.1, 0.15) is 12.4 Å². The molecule has 0 aliphatic rings. The first-order valence-electron chi connectivity index (χ1n) is 6.53. The summed E-state index contributed by atoms with van der Waals surface area (Å²) in [5, 5.41) is 0. The monoisotopic (exact) mass is 256 g/mol. The molecule has 1 nitrogen and oxygen atoms in total. The van der Waals surface area contributed by atoms with Crippen LogP contribution in [0, 0.1) is 19.3 Å². The fourth-order valence-electron chi connectivity index (χ4n) is 1.25. The molecule has 102 valence electrons. The lowest BCUT2D eigenvalue weighted by Gasteiger charge is -2.06. The minimum atomic E-state index is 0.650. The Kier molecular flexibility index (Phi) is 10.0. The number of ether oxygens (including phenoxy) is 1. The van der Waals surface area contributed by atoms with Crippen molar-refractivity contribution in [2.45, 2.75) is 34.1 Å². The summed E-state index contributed by atoms with van der Waals surface area (Å²) in [6.07, 6.45) is 12.0. The molecule has 1 aromatic carbocycles. The number of hydrogen-bond acceptors (Lipinski definition) is 1. The molecule has 0 spiro atoms. The van der Waals surface area contributed by atoms with Crippen molar-refractivity contribution in [2.75, 3.05) is 6.61 Å². The van der Waals surface area contributed by atoms with E-state index in [1.807, 2.05) is 12.1 Å². The van der Waals surface area contributed by atoms with Crippen molar-refractivity contribution >= 4 is 0 Å². The Hall–Kier alpha value is -1.94. The van der Waals surface area contributed by atoms with Crippen LogP contribution in [0.4, 0.5) is 0 Å². The molecular formula is C18H24O. The van der Waals surface area contributed by atoms with E-state index in [9.17, 15) is 0 Å². The van der Waals surface area contributed by atoms with Gasteiger partial charge in [-0.15, -0.1) is 12.3 Å². The van der Waals surface area contributed by atoms with Gasteiger partial charge in [-0.1, -0.05) is 42.8 Å². The molecule has 0 atom stereocenters. The SMILES string of the molecule is C#CC.CC/C=C\C=C(/C)COc1ccc(C)cc1. The third-order valence-electron chi connectivity index (χ3n) is 2.24. The number of allylic oxidation sites excluding steroid dienone is 3. The van der Waals surface area contributed by atoms with Crippen molar-refractivity contribution in [1.29, 1.82) is 0 Å². The summed E-state index contributed by atoms with van der Waals surface area (Å²) in [7, 11) is 0. The van der Waals surface area contributed by atoms with E-state index >= 15 is 0 Å². The van der Waals surface area contributed by atoms with Gasteiger partial charge < -0.3 is 4.74 Å². The Morgan fingerprint density at radius 1 is 1.32 bits per heavy atom. The maximum atomic E-state index is 5.65. The molecule has 0 amide bonds. The molecule has 0 radical (unpaired) electrons. The van der Waals surface area contributed by atoms with Gasteiger partial charge in [0.2, 0.25) is 0 Å². The minimum absolute atomic E-state index is 0.650. The lowest BCUT2D eigenvalue weighted by Crippen LogP contribution is -1.98. The van der Waals surface area contributed by atoms with E-state index in [-0.39, 0.29) is 0 Å². The molecule has 1 rings (SSSR count). The lowest BCUT2D eigenvalue weighted by atomic mass is 10.2. The molecule has 0 saturated heterocycles. The molecule has 0 fully saturated rings. The van der Waals surface area contributed by atoms with E-state index < -0.39 is 0 Å². The molecule has 0 aliphatic carbocycles. The zero-order valence-corrected chi connectivity index (χ0v) is 12.4. The first-order chi connectivity index (χ1) is 9.13. The molecule has 0 saturated carbocycles. The third-order valence-corrected chi connectivity index (χ3v) is 2.24. The molecule has 0 heterocycles. The van der Waals surface area contributed by atoms with Gasteiger partial charge in [0.15, 0.2) is 0 Å². The fourth-order valence-corrected chi connectivity index (χ4v) is 1.25. The van der Waals surface area contributed by atoms with Crippen LogP contribution in [0.2, 0.25) is 0 Å². The molecule has 0 N–H and O–H groups in total.